The van der Waals surface area contributed by atoms with Crippen molar-refractivity contribution in [2.75, 3.05) is 5.32 Å². The van der Waals surface area contributed by atoms with Crippen LogP contribution in [0.15, 0.2) is 48.5 Å². The number of ether oxygens (including phenoxy) is 1. The maximum absolute atomic E-state index is 12.6. The van der Waals surface area contributed by atoms with Crippen LogP contribution in [0.3, 0.4) is 0 Å². The molecule has 1 aromatic heterocycles. The van der Waals surface area contributed by atoms with Gasteiger partial charge in [-0.25, -0.2) is 4.98 Å². The molecule has 1 unspecified atom stereocenters. The topological polar surface area (TPSA) is 34.1 Å². The van der Waals surface area contributed by atoms with Crippen LogP contribution in [0.2, 0.25) is 0 Å². The summed E-state index contributed by atoms with van der Waals surface area (Å²) < 4.78 is 44.6. The van der Waals surface area contributed by atoms with Crippen LogP contribution < -0.4 is 10.1 Å². The van der Waals surface area contributed by atoms with E-state index in [2.05, 4.69) is 10.3 Å². The van der Waals surface area contributed by atoms with E-state index in [0.29, 0.717) is 17.3 Å². The molecule has 1 heterocycles. The third kappa shape index (κ3) is 3.79. The number of anilines is 1. The minimum absolute atomic E-state index is 0.373. The van der Waals surface area contributed by atoms with Gasteiger partial charge in [-0.05, 0) is 36.4 Å². The normalized spacial score (nSPS) is 13.0. The van der Waals surface area contributed by atoms with Gasteiger partial charge in [0.2, 0.25) is 0 Å². The summed E-state index contributed by atoms with van der Waals surface area (Å²) in [6.45, 7) is 1.93. The molecule has 0 spiro atoms. The Labute approximate surface area is 141 Å². The van der Waals surface area contributed by atoms with E-state index < -0.39 is 11.7 Å². The van der Waals surface area contributed by atoms with Crippen LogP contribution in [-0.4, -0.2) is 11.2 Å². The zero-order valence-electron chi connectivity index (χ0n) is 12.8. The van der Waals surface area contributed by atoms with Crippen LogP contribution in [-0.2, 0) is 6.18 Å². The number of thiazole rings is 1. The second-order valence-electron chi connectivity index (χ2n) is 5.18. The highest BCUT2D eigenvalue weighted by Gasteiger charge is 2.30. The van der Waals surface area contributed by atoms with Crippen molar-refractivity contribution in [2.24, 2.45) is 0 Å². The molecule has 0 fully saturated rings. The first kappa shape index (κ1) is 16.6. The molecular weight excluding hydrogens is 337 g/mol. The smallest absolute Gasteiger partial charge is 0.416 e. The van der Waals surface area contributed by atoms with Crippen LogP contribution in [0, 0.1) is 0 Å². The first-order valence-corrected chi connectivity index (χ1v) is 8.23. The number of rotatable bonds is 5. The Hall–Kier alpha value is -2.28. The lowest BCUT2D eigenvalue weighted by molar-refractivity contribution is -0.137. The van der Waals surface area contributed by atoms with Crippen molar-refractivity contribution >= 4 is 27.2 Å². The number of alkyl halides is 3. The van der Waals surface area contributed by atoms with E-state index in [1.54, 1.807) is 0 Å². The summed E-state index contributed by atoms with van der Waals surface area (Å²) in [5.74, 6) is 0. The lowest BCUT2D eigenvalue weighted by Gasteiger charge is -2.18. The van der Waals surface area contributed by atoms with E-state index in [-0.39, 0.29) is 6.23 Å². The summed E-state index contributed by atoms with van der Waals surface area (Å²) in [7, 11) is 0. The Bertz CT molecular complexity index is 782. The molecule has 0 saturated carbocycles. The molecule has 24 heavy (non-hydrogen) atoms. The number of hydrogen-bond donors (Lipinski definition) is 1. The van der Waals surface area contributed by atoms with E-state index in [1.807, 2.05) is 31.2 Å². The lowest BCUT2D eigenvalue weighted by atomic mass is 10.2. The molecule has 0 aliphatic rings. The van der Waals surface area contributed by atoms with E-state index in [4.69, 9.17) is 4.74 Å². The zero-order valence-corrected chi connectivity index (χ0v) is 13.6. The summed E-state index contributed by atoms with van der Waals surface area (Å²) in [6, 6.07) is 12.6. The highest BCUT2D eigenvalue weighted by molar-refractivity contribution is 7.20. The fourth-order valence-electron chi connectivity index (χ4n) is 2.18. The van der Waals surface area contributed by atoms with Crippen molar-refractivity contribution in [1.82, 2.24) is 4.98 Å². The van der Waals surface area contributed by atoms with Gasteiger partial charge in [-0.1, -0.05) is 30.4 Å². The Morgan fingerprint density at radius 2 is 1.83 bits per heavy atom. The fraction of sp³-hybridized carbons (Fsp3) is 0.235. The number of nitrogens with one attached hydrogen (secondary N) is 1. The molecule has 3 aromatic rings. The van der Waals surface area contributed by atoms with Gasteiger partial charge in [0.05, 0.1) is 15.8 Å². The fourth-order valence-corrected chi connectivity index (χ4v) is 3.04. The largest absolute Gasteiger partial charge is 0.446 e. The van der Waals surface area contributed by atoms with Gasteiger partial charge in [0.15, 0.2) is 6.23 Å². The number of para-hydroxylation sites is 1. The number of benzene rings is 2. The van der Waals surface area contributed by atoms with Crippen LogP contribution in [0.4, 0.5) is 18.9 Å². The molecule has 0 bridgehead atoms. The Balaban J connectivity index is 1.70. The van der Waals surface area contributed by atoms with Gasteiger partial charge in [0.25, 0.3) is 5.19 Å². The third-order valence-electron chi connectivity index (χ3n) is 3.43. The molecule has 0 saturated heterocycles. The van der Waals surface area contributed by atoms with E-state index in [9.17, 15) is 13.2 Å². The van der Waals surface area contributed by atoms with Crippen molar-refractivity contribution in [1.29, 1.82) is 0 Å². The van der Waals surface area contributed by atoms with Gasteiger partial charge in [0, 0.05) is 12.1 Å². The lowest BCUT2D eigenvalue weighted by Crippen LogP contribution is -2.25. The minimum Gasteiger partial charge on any atom is -0.446 e. The quantitative estimate of drug-likeness (QED) is 0.612. The molecule has 126 valence electrons. The van der Waals surface area contributed by atoms with Crippen molar-refractivity contribution in [2.45, 2.75) is 25.7 Å². The molecule has 2 aromatic carbocycles. The van der Waals surface area contributed by atoms with Gasteiger partial charge in [-0.15, -0.1) is 0 Å². The van der Waals surface area contributed by atoms with Gasteiger partial charge in [0.1, 0.15) is 0 Å². The summed E-state index contributed by atoms with van der Waals surface area (Å²) in [5.41, 5.74) is 0.756. The van der Waals surface area contributed by atoms with E-state index in [0.717, 1.165) is 22.3 Å². The first-order chi connectivity index (χ1) is 11.5. The molecule has 0 radical (unpaired) electrons. The second kappa shape index (κ2) is 6.68. The number of nitrogens with zero attached hydrogens (tertiary/aromatic N) is 1. The predicted octanol–water partition coefficient (Wildman–Crippen LogP) is 5.54. The monoisotopic (exact) mass is 352 g/mol. The second-order valence-corrected chi connectivity index (χ2v) is 6.17. The van der Waals surface area contributed by atoms with Crippen LogP contribution in [0.25, 0.3) is 10.2 Å². The van der Waals surface area contributed by atoms with Gasteiger partial charge in [-0.3, -0.25) is 0 Å². The average molecular weight is 352 g/mol. The maximum atomic E-state index is 12.6. The molecule has 0 aliphatic carbocycles. The maximum Gasteiger partial charge on any atom is 0.416 e. The number of fused-ring (bicyclic) bond motifs is 1. The molecule has 1 N–H and O–H groups in total. The summed E-state index contributed by atoms with van der Waals surface area (Å²) in [5, 5.41) is 3.61. The predicted molar refractivity (Wildman–Crippen MR) is 89.4 cm³/mol. The summed E-state index contributed by atoms with van der Waals surface area (Å²) >= 11 is 1.44. The van der Waals surface area contributed by atoms with Crippen LogP contribution in [0.1, 0.15) is 18.9 Å². The molecule has 3 nitrogen and oxygen atoms in total. The standard InChI is InChI=1S/C17H15F3N2OS/c1-2-15(21-12-9-7-11(8-10-12)17(18,19)20)23-16-22-13-5-3-4-6-14(13)24-16/h3-10,15,21H,2H2,1H3. The molecular formula is C17H15F3N2OS. The zero-order chi connectivity index (χ0) is 17.2. The SMILES string of the molecule is CCC(Nc1ccc(C(F)(F)F)cc1)Oc1nc2ccccc2s1. The molecule has 1 atom stereocenters. The molecule has 3 rings (SSSR count). The highest BCUT2D eigenvalue weighted by Crippen LogP contribution is 2.31. The minimum atomic E-state index is -4.33. The summed E-state index contributed by atoms with van der Waals surface area (Å²) in [4.78, 5) is 4.40. The van der Waals surface area contributed by atoms with Crippen LogP contribution in [0.5, 0.6) is 5.19 Å². The van der Waals surface area contributed by atoms with Gasteiger partial charge < -0.3 is 10.1 Å². The van der Waals surface area contributed by atoms with Crippen molar-refractivity contribution < 1.29 is 17.9 Å². The molecule has 0 aliphatic heterocycles. The number of halogens is 3. The van der Waals surface area contributed by atoms with Crippen molar-refractivity contribution in [3.63, 3.8) is 0 Å². The molecule has 0 amide bonds. The highest BCUT2D eigenvalue weighted by atomic mass is 32.1. The van der Waals surface area contributed by atoms with Crippen LogP contribution >= 0.6 is 11.3 Å². The Kier molecular flexibility index (Phi) is 4.62. The van der Waals surface area contributed by atoms with Crippen molar-refractivity contribution in [3.8, 4) is 5.19 Å². The molecule has 7 heteroatoms. The third-order valence-corrected chi connectivity index (χ3v) is 4.36. The summed E-state index contributed by atoms with van der Waals surface area (Å²) in [6.07, 6.45) is -4.07. The first-order valence-electron chi connectivity index (χ1n) is 7.41. The van der Waals surface area contributed by atoms with Crippen molar-refractivity contribution in [3.05, 3.63) is 54.1 Å². The number of aromatic nitrogens is 1. The van der Waals surface area contributed by atoms with E-state index >= 15 is 0 Å². The average Bonchev–Trinajstić information content (AvgIpc) is 2.96. The van der Waals surface area contributed by atoms with Gasteiger partial charge >= 0.3 is 6.18 Å². The Morgan fingerprint density at radius 3 is 2.46 bits per heavy atom. The Morgan fingerprint density at radius 1 is 1.12 bits per heavy atom. The van der Waals surface area contributed by atoms with E-state index in [1.165, 1.54) is 23.5 Å². The van der Waals surface area contributed by atoms with Gasteiger partial charge in [-0.2, -0.15) is 13.2 Å². The number of hydrogen-bond acceptors (Lipinski definition) is 4.